The normalized spacial score (nSPS) is 19.9. The molecule has 5 heteroatoms. The number of rotatable bonds is 3. The van der Waals surface area contributed by atoms with E-state index in [4.69, 9.17) is 10.5 Å². The predicted octanol–water partition coefficient (Wildman–Crippen LogP) is 1.89. The van der Waals surface area contributed by atoms with E-state index in [9.17, 15) is 5.11 Å². The fourth-order valence-electron chi connectivity index (χ4n) is 2.77. The van der Waals surface area contributed by atoms with Crippen molar-refractivity contribution in [3.05, 3.63) is 23.8 Å². The third-order valence-electron chi connectivity index (χ3n) is 3.75. The van der Waals surface area contributed by atoms with Crippen molar-refractivity contribution >= 4 is 17.0 Å². The zero-order chi connectivity index (χ0) is 14.3. The second kappa shape index (κ2) is 4.75. The van der Waals surface area contributed by atoms with Crippen molar-refractivity contribution in [2.24, 2.45) is 0 Å². The number of aromatic nitrogens is 2. The first-order valence-electron chi connectivity index (χ1n) is 7.00. The summed E-state index contributed by atoms with van der Waals surface area (Å²) in [6.07, 6.45) is 1.06. The number of anilines is 1. The maximum atomic E-state index is 9.98. The van der Waals surface area contributed by atoms with E-state index in [-0.39, 0.29) is 0 Å². The molecule has 1 aromatic carbocycles. The van der Waals surface area contributed by atoms with Gasteiger partial charge in [-0.25, -0.2) is 4.98 Å². The van der Waals surface area contributed by atoms with Crippen LogP contribution in [0.4, 0.5) is 5.95 Å². The van der Waals surface area contributed by atoms with Gasteiger partial charge < -0.3 is 20.1 Å². The van der Waals surface area contributed by atoms with Crippen molar-refractivity contribution in [3.63, 3.8) is 0 Å². The maximum absolute atomic E-state index is 9.98. The highest BCUT2D eigenvalue weighted by molar-refractivity contribution is 5.79. The molecule has 3 N–H and O–H groups in total. The number of nitrogens with zero attached hydrogens (tertiary/aromatic N) is 2. The molecule has 1 atom stereocenters. The summed E-state index contributed by atoms with van der Waals surface area (Å²) in [6.45, 7) is 5.58. The molecule has 0 bridgehead atoms. The predicted molar refractivity (Wildman–Crippen MR) is 78.6 cm³/mol. The van der Waals surface area contributed by atoms with Crippen LogP contribution in [0.3, 0.4) is 0 Å². The Labute approximate surface area is 118 Å². The average Bonchev–Trinajstić information content (AvgIpc) is 2.96. The molecule has 5 nitrogen and oxygen atoms in total. The number of hydrogen-bond donors (Lipinski definition) is 2. The second-order valence-electron chi connectivity index (χ2n) is 6.18. The smallest absolute Gasteiger partial charge is 0.201 e. The number of fused-ring (bicyclic) bond motifs is 1. The lowest BCUT2D eigenvalue weighted by molar-refractivity contribution is 0.0633. The Kier molecular flexibility index (Phi) is 3.18. The van der Waals surface area contributed by atoms with Crippen molar-refractivity contribution < 1.29 is 9.84 Å². The molecule has 3 rings (SSSR count). The van der Waals surface area contributed by atoms with Crippen molar-refractivity contribution in [3.8, 4) is 0 Å². The number of hydrogen-bond acceptors (Lipinski definition) is 4. The van der Waals surface area contributed by atoms with Crippen molar-refractivity contribution in [2.45, 2.75) is 38.3 Å². The zero-order valence-electron chi connectivity index (χ0n) is 12.0. The van der Waals surface area contributed by atoms with Crippen LogP contribution in [-0.2, 0) is 11.3 Å². The monoisotopic (exact) mass is 275 g/mol. The largest absolute Gasteiger partial charge is 0.389 e. The van der Waals surface area contributed by atoms with Gasteiger partial charge in [-0.15, -0.1) is 0 Å². The SMILES string of the molecule is CC(C)(O)Cn1c(N)nc2cc(C3CCOC3)ccc21. The van der Waals surface area contributed by atoms with E-state index in [0.717, 1.165) is 30.7 Å². The van der Waals surface area contributed by atoms with E-state index in [1.807, 2.05) is 10.6 Å². The zero-order valence-corrected chi connectivity index (χ0v) is 12.0. The van der Waals surface area contributed by atoms with Gasteiger partial charge in [0.1, 0.15) is 0 Å². The fraction of sp³-hybridized carbons (Fsp3) is 0.533. The van der Waals surface area contributed by atoms with Gasteiger partial charge in [-0.3, -0.25) is 0 Å². The van der Waals surface area contributed by atoms with E-state index in [1.165, 1.54) is 5.56 Å². The molecule has 0 saturated carbocycles. The van der Waals surface area contributed by atoms with E-state index in [2.05, 4.69) is 17.1 Å². The van der Waals surface area contributed by atoms with Gasteiger partial charge in [-0.05, 0) is 38.0 Å². The highest BCUT2D eigenvalue weighted by atomic mass is 16.5. The first kappa shape index (κ1) is 13.4. The number of aliphatic hydroxyl groups is 1. The molecule has 108 valence electrons. The average molecular weight is 275 g/mol. The number of nitrogens with two attached hydrogens (primary N) is 1. The molecule has 1 unspecified atom stereocenters. The van der Waals surface area contributed by atoms with Gasteiger partial charge in [0, 0.05) is 12.5 Å². The summed E-state index contributed by atoms with van der Waals surface area (Å²) in [6, 6.07) is 6.24. The summed E-state index contributed by atoms with van der Waals surface area (Å²) in [7, 11) is 0. The van der Waals surface area contributed by atoms with E-state index in [0.29, 0.717) is 18.4 Å². The third kappa shape index (κ3) is 2.51. The molecule has 1 aromatic heterocycles. The number of nitrogen functional groups attached to an aromatic ring is 1. The van der Waals surface area contributed by atoms with Crippen LogP contribution in [0, 0.1) is 0 Å². The highest BCUT2D eigenvalue weighted by Crippen LogP contribution is 2.29. The minimum Gasteiger partial charge on any atom is -0.389 e. The van der Waals surface area contributed by atoms with Gasteiger partial charge in [-0.2, -0.15) is 0 Å². The lowest BCUT2D eigenvalue weighted by atomic mass is 9.98. The summed E-state index contributed by atoms with van der Waals surface area (Å²) < 4.78 is 7.30. The molecule has 0 amide bonds. The summed E-state index contributed by atoms with van der Waals surface area (Å²) in [5.41, 5.74) is 8.26. The van der Waals surface area contributed by atoms with Crippen molar-refractivity contribution in [1.29, 1.82) is 0 Å². The minimum absolute atomic E-state index is 0.432. The van der Waals surface area contributed by atoms with Crippen LogP contribution < -0.4 is 5.73 Å². The van der Waals surface area contributed by atoms with Gasteiger partial charge in [0.2, 0.25) is 5.95 Å². The Bertz CT molecular complexity index is 622. The van der Waals surface area contributed by atoms with E-state index >= 15 is 0 Å². The Morgan fingerprint density at radius 3 is 2.95 bits per heavy atom. The molecular weight excluding hydrogens is 254 g/mol. The van der Waals surface area contributed by atoms with Gasteiger partial charge in [0.15, 0.2) is 0 Å². The van der Waals surface area contributed by atoms with E-state index < -0.39 is 5.60 Å². The maximum Gasteiger partial charge on any atom is 0.201 e. The summed E-state index contributed by atoms with van der Waals surface area (Å²) in [5, 5.41) is 9.98. The Balaban J connectivity index is 2.00. The van der Waals surface area contributed by atoms with Crippen LogP contribution in [-0.4, -0.2) is 33.5 Å². The van der Waals surface area contributed by atoms with Gasteiger partial charge in [-0.1, -0.05) is 6.07 Å². The standard InChI is InChI=1S/C15H21N3O2/c1-15(2,19)9-18-13-4-3-10(11-5-6-20-8-11)7-12(13)17-14(18)16/h3-4,7,11,19H,5-6,8-9H2,1-2H3,(H2,16,17). The Morgan fingerprint density at radius 1 is 1.50 bits per heavy atom. The molecule has 1 aliphatic rings. The Morgan fingerprint density at radius 2 is 2.30 bits per heavy atom. The fourth-order valence-corrected chi connectivity index (χ4v) is 2.77. The van der Waals surface area contributed by atoms with Gasteiger partial charge >= 0.3 is 0 Å². The van der Waals surface area contributed by atoms with Crippen LogP contribution in [0.5, 0.6) is 0 Å². The molecular formula is C15H21N3O2. The van der Waals surface area contributed by atoms with Crippen LogP contribution in [0.15, 0.2) is 18.2 Å². The Hall–Kier alpha value is -1.59. The van der Waals surface area contributed by atoms with Crippen LogP contribution in [0.25, 0.3) is 11.0 Å². The summed E-state index contributed by atoms with van der Waals surface area (Å²) in [4.78, 5) is 4.42. The highest BCUT2D eigenvalue weighted by Gasteiger charge is 2.21. The lowest BCUT2D eigenvalue weighted by Crippen LogP contribution is -2.26. The third-order valence-corrected chi connectivity index (χ3v) is 3.75. The molecule has 20 heavy (non-hydrogen) atoms. The lowest BCUT2D eigenvalue weighted by Gasteiger charge is -2.19. The van der Waals surface area contributed by atoms with Crippen molar-refractivity contribution in [1.82, 2.24) is 9.55 Å². The van der Waals surface area contributed by atoms with Gasteiger partial charge in [0.05, 0.1) is 29.8 Å². The van der Waals surface area contributed by atoms with E-state index in [1.54, 1.807) is 13.8 Å². The number of ether oxygens (including phenoxy) is 1. The van der Waals surface area contributed by atoms with Crippen LogP contribution in [0.1, 0.15) is 31.7 Å². The molecule has 2 aromatic rings. The van der Waals surface area contributed by atoms with Crippen molar-refractivity contribution in [2.75, 3.05) is 18.9 Å². The number of benzene rings is 1. The van der Waals surface area contributed by atoms with Crippen LogP contribution >= 0.6 is 0 Å². The second-order valence-corrected chi connectivity index (χ2v) is 6.18. The van der Waals surface area contributed by atoms with Crippen LogP contribution in [0.2, 0.25) is 0 Å². The quantitative estimate of drug-likeness (QED) is 0.897. The summed E-state index contributed by atoms with van der Waals surface area (Å²) >= 11 is 0. The summed E-state index contributed by atoms with van der Waals surface area (Å²) in [5.74, 6) is 0.905. The molecule has 1 aliphatic heterocycles. The molecule has 0 radical (unpaired) electrons. The molecule has 2 heterocycles. The minimum atomic E-state index is -0.820. The molecule has 0 aliphatic carbocycles. The number of imidazole rings is 1. The first-order chi connectivity index (χ1) is 9.44. The molecule has 0 spiro atoms. The molecule has 1 fully saturated rings. The van der Waals surface area contributed by atoms with Gasteiger partial charge in [0.25, 0.3) is 0 Å². The molecule has 1 saturated heterocycles. The topological polar surface area (TPSA) is 73.3 Å². The first-order valence-corrected chi connectivity index (χ1v) is 7.00.